The number of aromatic nitrogens is 3. The normalized spacial score (nSPS) is 24.5. The average Bonchev–Trinajstić information content (AvgIpc) is 3.68. The zero-order valence-electron chi connectivity index (χ0n) is 20.5. The lowest BCUT2D eigenvalue weighted by Gasteiger charge is -2.52. The molecule has 4 aliphatic rings. The summed E-state index contributed by atoms with van der Waals surface area (Å²) in [4.78, 5) is 18.9. The first-order valence-corrected chi connectivity index (χ1v) is 13.5. The summed E-state index contributed by atoms with van der Waals surface area (Å²) in [6.07, 6.45) is 11.6. The molecule has 3 heterocycles. The first-order valence-electron chi connectivity index (χ1n) is 12.7. The molecular formula is C27H26Cl2FN3O5. The first kappa shape index (κ1) is 25.5. The van der Waals surface area contributed by atoms with E-state index in [1.54, 1.807) is 12.4 Å². The molecule has 0 spiro atoms. The van der Waals surface area contributed by atoms with Gasteiger partial charge in [-0.05, 0) is 57.4 Å². The monoisotopic (exact) mass is 561 g/mol. The predicted octanol–water partition coefficient (Wildman–Crippen LogP) is 6.84. The second-order valence-corrected chi connectivity index (χ2v) is 11.5. The van der Waals surface area contributed by atoms with Gasteiger partial charge in [0.25, 0.3) is 0 Å². The van der Waals surface area contributed by atoms with Gasteiger partial charge in [0.2, 0.25) is 5.88 Å². The highest BCUT2D eigenvalue weighted by molar-refractivity contribution is 6.38. The highest BCUT2D eigenvalue weighted by Crippen LogP contribution is 2.55. The van der Waals surface area contributed by atoms with Crippen LogP contribution in [-0.2, 0) is 11.3 Å². The number of pyridine rings is 2. The fourth-order valence-electron chi connectivity index (χ4n) is 5.72. The van der Waals surface area contributed by atoms with Crippen LogP contribution < -0.4 is 4.74 Å². The Bertz CT molecular complexity index is 1350. The maximum atomic E-state index is 14.3. The molecule has 0 aliphatic heterocycles. The molecule has 4 aliphatic carbocycles. The van der Waals surface area contributed by atoms with Crippen molar-refractivity contribution in [1.82, 2.24) is 15.1 Å². The largest absolute Gasteiger partial charge is 0.478 e. The van der Waals surface area contributed by atoms with Crippen molar-refractivity contribution in [3.8, 4) is 17.1 Å². The van der Waals surface area contributed by atoms with Crippen LogP contribution in [0.3, 0.4) is 0 Å². The molecule has 4 saturated carbocycles. The van der Waals surface area contributed by atoms with E-state index in [4.69, 9.17) is 42.3 Å². The summed E-state index contributed by atoms with van der Waals surface area (Å²) in [6, 6.07) is 0.935. The van der Waals surface area contributed by atoms with Crippen LogP contribution in [0.15, 0.2) is 29.2 Å². The quantitative estimate of drug-likeness (QED) is 0.302. The van der Waals surface area contributed by atoms with Gasteiger partial charge in [0.05, 0.1) is 34.4 Å². The van der Waals surface area contributed by atoms with Crippen molar-refractivity contribution < 1.29 is 28.3 Å². The summed E-state index contributed by atoms with van der Waals surface area (Å²) in [6.45, 7) is 0.689. The summed E-state index contributed by atoms with van der Waals surface area (Å²) < 4.78 is 32.5. The van der Waals surface area contributed by atoms with E-state index < -0.39 is 11.8 Å². The van der Waals surface area contributed by atoms with Gasteiger partial charge in [-0.1, -0.05) is 28.4 Å². The molecule has 0 radical (unpaired) electrons. The molecule has 0 amide bonds. The van der Waals surface area contributed by atoms with Crippen LogP contribution in [0.1, 0.15) is 79.0 Å². The number of carboxylic acids is 1. The molecule has 2 bridgehead atoms. The standard InChI is InChI=1S/C27H26Cl2FN3O5/c28-18-11-31-12-19(29)21(18)22-17(23(38-33-22)15-1-2-15)13-37-27-6-3-26(4-7-27,5-8-27)14-36-24-20(30)9-16(10-32-24)25(34)35/h9-12,15H,1-8,13-14H2,(H,34,35). The van der Waals surface area contributed by atoms with Crippen molar-refractivity contribution in [1.29, 1.82) is 0 Å². The SMILES string of the molecule is O=C(O)c1cnc(OCC23CCC(OCc4c(-c5c(Cl)cncc5Cl)noc4C4CC4)(CC2)CC3)c(F)c1. The van der Waals surface area contributed by atoms with E-state index in [1.165, 1.54) is 0 Å². The Morgan fingerprint density at radius 3 is 2.39 bits per heavy atom. The second kappa shape index (κ2) is 9.77. The Labute approximate surface area is 228 Å². The van der Waals surface area contributed by atoms with Crippen LogP contribution in [0.4, 0.5) is 4.39 Å². The number of rotatable bonds is 9. The van der Waals surface area contributed by atoms with Crippen LogP contribution in [0.2, 0.25) is 10.0 Å². The van der Waals surface area contributed by atoms with E-state index in [0.29, 0.717) is 40.4 Å². The zero-order valence-corrected chi connectivity index (χ0v) is 22.0. The second-order valence-electron chi connectivity index (χ2n) is 10.7. The van der Waals surface area contributed by atoms with Crippen LogP contribution >= 0.6 is 23.2 Å². The van der Waals surface area contributed by atoms with Gasteiger partial charge >= 0.3 is 5.97 Å². The van der Waals surface area contributed by atoms with E-state index in [-0.39, 0.29) is 22.5 Å². The van der Waals surface area contributed by atoms with E-state index in [9.17, 15) is 9.18 Å². The topological polar surface area (TPSA) is 108 Å². The molecule has 3 aromatic heterocycles. The van der Waals surface area contributed by atoms with E-state index in [2.05, 4.69) is 15.1 Å². The highest BCUT2D eigenvalue weighted by Gasteiger charge is 2.50. The molecule has 0 atom stereocenters. The van der Waals surface area contributed by atoms with Gasteiger partial charge in [-0.3, -0.25) is 4.98 Å². The molecule has 200 valence electrons. The molecule has 0 saturated heterocycles. The number of halogens is 3. The molecule has 7 rings (SSSR count). The molecular weight excluding hydrogens is 536 g/mol. The minimum atomic E-state index is -1.23. The number of fused-ring (bicyclic) bond motifs is 3. The molecule has 0 unspecified atom stereocenters. The minimum Gasteiger partial charge on any atom is -0.478 e. The van der Waals surface area contributed by atoms with Gasteiger partial charge in [-0.15, -0.1) is 0 Å². The Morgan fingerprint density at radius 1 is 1.11 bits per heavy atom. The van der Waals surface area contributed by atoms with Crippen molar-refractivity contribution in [2.75, 3.05) is 6.61 Å². The summed E-state index contributed by atoms with van der Waals surface area (Å²) in [7, 11) is 0. The molecule has 0 aromatic carbocycles. The third-order valence-corrected chi connectivity index (χ3v) is 8.86. The van der Waals surface area contributed by atoms with E-state index in [1.807, 2.05) is 0 Å². The first-order chi connectivity index (χ1) is 18.3. The lowest BCUT2D eigenvalue weighted by atomic mass is 9.59. The van der Waals surface area contributed by atoms with Crippen molar-refractivity contribution in [2.24, 2.45) is 5.41 Å². The molecule has 11 heteroatoms. The lowest BCUT2D eigenvalue weighted by molar-refractivity contribution is -0.150. The van der Waals surface area contributed by atoms with Crippen molar-refractivity contribution in [3.05, 3.63) is 57.4 Å². The van der Waals surface area contributed by atoms with Crippen molar-refractivity contribution in [2.45, 2.75) is 69.5 Å². The molecule has 4 fully saturated rings. The zero-order chi connectivity index (χ0) is 26.5. The van der Waals surface area contributed by atoms with E-state index in [0.717, 1.165) is 75.0 Å². The third kappa shape index (κ3) is 4.76. The summed E-state index contributed by atoms with van der Waals surface area (Å²) in [5, 5.41) is 14.2. The van der Waals surface area contributed by atoms with Gasteiger partial charge in [0.1, 0.15) is 11.5 Å². The molecule has 8 nitrogen and oxygen atoms in total. The Balaban J connectivity index is 1.13. The van der Waals surface area contributed by atoms with Gasteiger partial charge in [-0.25, -0.2) is 14.2 Å². The smallest absolute Gasteiger partial charge is 0.337 e. The Morgan fingerprint density at radius 2 is 1.79 bits per heavy atom. The van der Waals surface area contributed by atoms with Crippen molar-refractivity contribution >= 4 is 29.2 Å². The summed E-state index contributed by atoms with van der Waals surface area (Å²) in [5.74, 6) is -0.974. The lowest BCUT2D eigenvalue weighted by Crippen LogP contribution is -2.49. The maximum Gasteiger partial charge on any atom is 0.337 e. The fraction of sp³-hybridized carbons (Fsp3) is 0.481. The van der Waals surface area contributed by atoms with Crippen molar-refractivity contribution in [3.63, 3.8) is 0 Å². The number of nitrogens with zero attached hydrogens (tertiary/aromatic N) is 3. The Kier molecular flexibility index (Phi) is 6.56. The number of carbonyl (C=O) groups is 1. The predicted molar refractivity (Wildman–Crippen MR) is 136 cm³/mol. The summed E-state index contributed by atoms with van der Waals surface area (Å²) >= 11 is 12.9. The molecule has 3 aromatic rings. The number of aromatic carboxylic acids is 1. The summed E-state index contributed by atoms with van der Waals surface area (Å²) in [5.41, 5.74) is 1.57. The number of carboxylic acid groups (broad SMARTS) is 1. The fourth-order valence-corrected chi connectivity index (χ4v) is 6.26. The number of hydrogen-bond donors (Lipinski definition) is 1. The van der Waals surface area contributed by atoms with Gasteiger partial charge < -0.3 is 19.1 Å². The van der Waals surface area contributed by atoms with Crippen LogP contribution in [0.5, 0.6) is 5.88 Å². The molecule has 1 N–H and O–H groups in total. The van der Waals surface area contributed by atoms with Gasteiger partial charge in [-0.2, -0.15) is 0 Å². The van der Waals surface area contributed by atoms with Crippen LogP contribution in [0, 0.1) is 11.2 Å². The molecule has 38 heavy (non-hydrogen) atoms. The Hall–Kier alpha value is -2.75. The minimum absolute atomic E-state index is 0.0790. The third-order valence-electron chi connectivity index (χ3n) is 8.28. The maximum absolute atomic E-state index is 14.3. The van der Waals surface area contributed by atoms with Gasteiger partial charge in [0, 0.05) is 41.1 Å². The van der Waals surface area contributed by atoms with Crippen LogP contribution in [0.25, 0.3) is 11.3 Å². The average molecular weight is 562 g/mol. The van der Waals surface area contributed by atoms with Gasteiger partial charge in [0.15, 0.2) is 5.82 Å². The van der Waals surface area contributed by atoms with Crippen LogP contribution in [-0.4, -0.2) is 38.4 Å². The number of hydrogen-bond acceptors (Lipinski definition) is 7. The van der Waals surface area contributed by atoms with E-state index >= 15 is 0 Å². The highest BCUT2D eigenvalue weighted by atomic mass is 35.5. The number of ether oxygens (including phenoxy) is 2.